The Bertz CT molecular complexity index is 337. The van der Waals surface area contributed by atoms with Crippen molar-refractivity contribution in [2.24, 2.45) is 0 Å². The summed E-state index contributed by atoms with van der Waals surface area (Å²) in [7, 11) is 1.56. The summed E-state index contributed by atoms with van der Waals surface area (Å²) in [4.78, 5) is 15.1. The van der Waals surface area contributed by atoms with Crippen LogP contribution < -0.4 is 10.1 Å². The number of nitrogens with zero attached hydrogens (tertiary/aromatic N) is 1. The predicted molar refractivity (Wildman–Crippen MR) is 53.3 cm³/mol. The van der Waals surface area contributed by atoms with Gasteiger partial charge in [0.05, 0.1) is 0 Å². The Labute approximate surface area is 82.6 Å². The van der Waals surface area contributed by atoms with Gasteiger partial charge in [-0.05, 0) is 6.07 Å². The minimum Gasteiger partial charge on any atom is -0.489 e. The largest absolute Gasteiger partial charge is 0.489 e. The summed E-state index contributed by atoms with van der Waals surface area (Å²) in [5.74, 6) is 0.382. The minimum absolute atomic E-state index is 0.228. The highest BCUT2D eigenvalue weighted by Crippen LogP contribution is 2.10. The van der Waals surface area contributed by atoms with Crippen LogP contribution in [0, 0.1) is 0 Å². The van der Waals surface area contributed by atoms with Crippen LogP contribution in [0.1, 0.15) is 10.5 Å². The van der Waals surface area contributed by atoms with Gasteiger partial charge < -0.3 is 10.1 Å². The van der Waals surface area contributed by atoms with Gasteiger partial charge in [-0.15, -0.1) is 0 Å². The zero-order chi connectivity index (χ0) is 10.4. The fourth-order valence-electron chi connectivity index (χ4n) is 0.908. The number of carbonyl (C=O) groups is 1. The van der Waals surface area contributed by atoms with Gasteiger partial charge in [-0.1, -0.05) is 12.7 Å². The maximum atomic E-state index is 11.2. The summed E-state index contributed by atoms with van der Waals surface area (Å²) >= 11 is 0. The quantitative estimate of drug-likeness (QED) is 0.724. The molecule has 14 heavy (non-hydrogen) atoms. The van der Waals surface area contributed by atoms with Crippen LogP contribution in [-0.2, 0) is 0 Å². The zero-order valence-corrected chi connectivity index (χ0v) is 7.99. The van der Waals surface area contributed by atoms with Crippen LogP contribution in [0.4, 0.5) is 0 Å². The SMILES string of the molecule is C=CCOc1ccnc(C(=O)NC)c1. The van der Waals surface area contributed by atoms with Crippen LogP contribution in [0.15, 0.2) is 31.0 Å². The van der Waals surface area contributed by atoms with E-state index >= 15 is 0 Å². The second-order valence-electron chi connectivity index (χ2n) is 2.56. The Balaban J connectivity index is 2.78. The van der Waals surface area contributed by atoms with E-state index in [9.17, 15) is 4.79 Å². The molecule has 1 aromatic heterocycles. The molecule has 0 aliphatic rings. The molecular weight excluding hydrogens is 180 g/mol. The fourth-order valence-corrected chi connectivity index (χ4v) is 0.908. The van der Waals surface area contributed by atoms with E-state index in [1.165, 1.54) is 6.20 Å². The lowest BCUT2D eigenvalue weighted by Crippen LogP contribution is -2.19. The van der Waals surface area contributed by atoms with Crippen LogP contribution in [0.5, 0.6) is 5.75 Å². The van der Waals surface area contributed by atoms with E-state index < -0.39 is 0 Å². The van der Waals surface area contributed by atoms with E-state index in [0.717, 1.165) is 0 Å². The van der Waals surface area contributed by atoms with E-state index in [0.29, 0.717) is 18.1 Å². The number of pyridine rings is 1. The Morgan fingerprint density at radius 2 is 2.57 bits per heavy atom. The number of ether oxygens (including phenoxy) is 1. The molecule has 1 N–H and O–H groups in total. The molecule has 0 bridgehead atoms. The van der Waals surface area contributed by atoms with Crippen LogP contribution in [0.2, 0.25) is 0 Å². The first-order valence-corrected chi connectivity index (χ1v) is 4.19. The van der Waals surface area contributed by atoms with Gasteiger partial charge in [0, 0.05) is 19.3 Å². The average molecular weight is 192 g/mol. The standard InChI is InChI=1S/C10H12N2O2/c1-3-6-14-8-4-5-12-9(7-8)10(13)11-2/h3-5,7H,1,6H2,2H3,(H,11,13). The van der Waals surface area contributed by atoms with Gasteiger partial charge in [0.15, 0.2) is 0 Å². The Morgan fingerprint density at radius 1 is 1.79 bits per heavy atom. The molecule has 0 saturated heterocycles. The van der Waals surface area contributed by atoms with Crippen LogP contribution in [0.3, 0.4) is 0 Å². The molecule has 0 aromatic carbocycles. The molecule has 1 heterocycles. The lowest BCUT2D eigenvalue weighted by molar-refractivity contribution is 0.0957. The molecule has 0 saturated carbocycles. The predicted octanol–water partition coefficient (Wildman–Crippen LogP) is 1.01. The molecule has 1 amide bonds. The van der Waals surface area contributed by atoms with Crippen molar-refractivity contribution in [2.45, 2.75) is 0 Å². The van der Waals surface area contributed by atoms with E-state index in [4.69, 9.17) is 4.74 Å². The molecular formula is C10H12N2O2. The molecule has 4 nitrogen and oxygen atoms in total. The molecule has 74 valence electrons. The van der Waals surface area contributed by atoms with E-state index in [-0.39, 0.29) is 5.91 Å². The molecule has 1 rings (SSSR count). The topological polar surface area (TPSA) is 51.2 Å². The monoisotopic (exact) mass is 192 g/mol. The summed E-state index contributed by atoms with van der Waals surface area (Å²) in [6, 6.07) is 3.28. The summed E-state index contributed by atoms with van der Waals surface area (Å²) < 4.78 is 5.25. The highest BCUT2D eigenvalue weighted by Gasteiger charge is 2.05. The van der Waals surface area contributed by atoms with E-state index in [2.05, 4.69) is 16.9 Å². The van der Waals surface area contributed by atoms with Crippen molar-refractivity contribution in [3.8, 4) is 5.75 Å². The molecule has 0 atom stereocenters. The maximum absolute atomic E-state index is 11.2. The molecule has 1 aromatic rings. The van der Waals surface area contributed by atoms with Crippen molar-refractivity contribution >= 4 is 5.91 Å². The molecule has 0 radical (unpaired) electrons. The lowest BCUT2D eigenvalue weighted by Gasteiger charge is -2.04. The third-order valence-corrected chi connectivity index (χ3v) is 1.56. The summed E-state index contributed by atoms with van der Waals surface area (Å²) in [5.41, 5.74) is 0.342. The van der Waals surface area contributed by atoms with Crippen molar-refractivity contribution in [2.75, 3.05) is 13.7 Å². The third-order valence-electron chi connectivity index (χ3n) is 1.56. The highest BCUT2D eigenvalue weighted by molar-refractivity contribution is 5.92. The number of hydrogen-bond acceptors (Lipinski definition) is 3. The van der Waals surface area contributed by atoms with Crippen molar-refractivity contribution in [3.05, 3.63) is 36.7 Å². The van der Waals surface area contributed by atoms with Crippen LogP contribution >= 0.6 is 0 Å². The van der Waals surface area contributed by atoms with Gasteiger partial charge in [-0.3, -0.25) is 9.78 Å². The number of nitrogens with one attached hydrogen (secondary N) is 1. The van der Waals surface area contributed by atoms with Crippen molar-refractivity contribution < 1.29 is 9.53 Å². The Morgan fingerprint density at radius 3 is 3.21 bits per heavy atom. The van der Waals surface area contributed by atoms with E-state index in [1.807, 2.05) is 0 Å². The molecule has 0 aliphatic heterocycles. The fraction of sp³-hybridized carbons (Fsp3) is 0.200. The van der Waals surface area contributed by atoms with Gasteiger partial charge in [-0.25, -0.2) is 0 Å². The molecule has 0 fully saturated rings. The summed E-state index contributed by atoms with van der Waals surface area (Å²) in [6.45, 7) is 3.94. The summed E-state index contributed by atoms with van der Waals surface area (Å²) in [6.07, 6.45) is 3.17. The first-order chi connectivity index (χ1) is 6.77. The smallest absolute Gasteiger partial charge is 0.269 e. The van der Waals surface area contributed by atoms with Crippen LogP contribution in [0.25, 0.3) is 0 Å². The normalized spacial score (nSPS) is 9.21. The third kappa shape index (κ3) is 2.58. The molecule has 4 heteroatoms. The van der Waals surface area contributed by atoms with Gasteiger partial charge >= 0.3 is 0 Å². The van der Waals surface area contributed by atoms with Crippen molar-refractivity contribution in [3.63, 3.8) is 0 Å². The first-order valence-electron chi connectivity index (χ1n) is 4.19. The van der Waals surface area contributed by atoms with Crippen molar-refractivity contribution in [1.29, 1.82) is 0 Å². The molecule has 0 aliphatic carbocycles. The zero-order valence-electron chi connectivity index (χ0n) is 7.99. The Hall–Kier alpha value is -1.84. The van der Waals surface area contributed by atoms with Gasteiger partial charge in [0.25, 0.3) is 5.91 Å². The number of hydrogen-bond donors (Lipinski definition) is 1. The Kier molecular flexibility index (Phi) is 3.67. The lowest BCUT2D eigenvalue weighted by atomic mass is 10.3. The summed E-state index contributed by atoms with van der Waals surface area (Å²) in [5, 5.41) is 2.49. The molecule has 0 unspecified atom stereocenters. The maximum Gasteiger partial charge on any atom is 0.269 e. The second-order valence-corrected chi connectivity index (χ2v) is 2.56. The highest BCUT2D eigenvalue weighted by atomic mass is 16.5. The first kappa shape index (κ1) is 10.2. The number of aromatic nitrogens is 1. The molecule has 0 spiro atoms. The van der Waals surface area contributed by atoms with Gasteiger partial charge in [0.2, 0.25) is 0 Å². The van der Waals surface area contributed by atoms with E-state index in [1.54, 1.807) is 25.3 Å². The minimum atomic E-state index is -0.228. The van der Waals surface area contributed by atoms with Gasteiger partial charge in [-0.2, -0.15) is 0 Å². The van der Waals surface area contributed by atoms with Gasteiger partial charge in [0.1, 0.15) is 18.1 Å². The number of rotatable bonds is 4. The number of amides is 1. The van der Waals surface area contributed by atoms with Crippen LogP contribution in [-0.4, -0.2) is 24.5 Å². The second kappa shape index (κ2) is 5.01. The van der Waals surface area contributed by atoms with Crippen molar-refractivity contribution in [1.82, 2.24) is 10.3 Å². The average Bonchev–Trinajstić information content (AvgIpc) is 2.25. The number of carbonyl (C=O) groups excluding carboxylic acids is 1.